The van der Waals surface area contributed by atoms with Crippen molar-refractivity contribution in [3.8, 4) is 17.6 Å². The van der Waals surface area contributed by atoms with Crippen LogP contribution in [0.25, 0.3) is 0 Å². The molecule has 6 rings (SSSR count). The van der Waals surface area contributed by atoms with Gasteiger partial charge in [0.15, 0.2) is 0 Å². The third-order valence-corrected chi connectivity index (χ3v) is 13.5. The van der Waals surface area contributed by atoms with Crippen molar-refractivity contribution >= 4 is 26.2 Å². The van der Waals surface area contributed by atoms with Gasteiger partial charge in [0.05, 0.1) is 75.6 Å². The fourth-order valence-electron chi connectivity index (χ4n) is 8.72. The molecule has 2 saturated heterocycles. The second-order valence-electron chi connectivity index (χ2n) is 16.3. The summed E-state index contributed by atoms with van der Waals surface area (Å²) in [4.78, 5) is 42.6. The number of benzene rings is 3. The molecular formula is C46H57N4O9P. The van der Waals surface area contributed by atoms with Gasteiger partial charge in [-0.2, -0.15) is 5.26 Å². The number of amides is 3. The van der Waals surface area contributed by atoms with E-state index in [1.165, 1.54) is 4.90 Å². The number of carbonyl (C=O) groups excluding carboxylic acids is 3. The molecule has 0 radical (unpaired) electrons. The number of rotatable bonds is 21. The van der Waals surface area contributed by atoms with Gasteiger partial charge in [-0.1, -0.05) is 66.7 Å². The Morgan fingerprint density at radius 2 is 1.35 bits per heavy atom. The first-order chi connectivity index (χ1) is 28.7. The highest BCUT2D eigenvalue weighted by Crippen LogP contribution is 2.57. The minimum atomic E-state index is -1.67. The van der Waals surface area contributed by atoms with E-state index in [1.807, 2.05) is 105 Å². The maximum atomic E-state index is 14.0. The molecule has 4 unspecified atom stereocenters. The number of methoxy groups -OCH3 is 2. The number of hydrogen-bond acceptors (Lipinski definition) is 11. The third-order valence-electron chi connectivity index (χ3n) is 11.5. The van der Waals surface area contributed by atoms with E-state index in [-0.39, 0.29) is 63.1 Å². The van der Waals surface area contributed by atoms with Crippen LogP contribution in [-0.2, 0) is 38.5 Å². The maximum absolute atomic E-state index is 14.0. The molecule has 13 nitrogen and oxygen atoms in total. The van der Waals surface area contributed by atoms with E-state index in [1.54, 1.807) is 14.2 Å². The second kappa shape index (κ2) is 18.9. The molecule has 3 aliphatic rings. The van der Waals surface area contributed by atoms with Crippen molar-refractivity contribution in [1.29, 1.82) is 5.26 Å². The first kappa shape index (κ1) is 44.9. The first-order valence-corrected chi connectivity index (χ1v) is 21.6. The van der Waals surface area contributed by atoms with Crippen LogP contribution in [0.5, 0.6) is 11.5 Å². The molecular weight excluding hydrogens is 783 g/mol. The van der Waals surface area contributed by atoms with Crippen LogP contribution in [0.2, 0.25) is 0 Å². The van der Waals surface area contributed by atoms with Gasteiger partial charge in [-0.3, -0.25) is 19.3 Å². The molecule has 3 heterocycles. The van der Waals surface area contributed by atoms with E-state index >= 15 is 0 Å². The maximum Gasteiger partial charge on any atom is 0.259 e. The SMILES string of the molecule is COc1ccc(C(OCC(COP(OCCC#N)N(C(C)C)C(C)C)NC(=O)CCN2C(=O)[C@@H]3[C@H](C2=O)C2(C)C=CC3(C)O2)(c2ccccc2)c2ccc(OC)cc2)cc1. The first-order valence-electron chi connectivity index (χ1n) is 20.5. The summed E-state index contributed by atoms with van der Waals surface area (Å²) in [6.45, 7) is 11.9. The summed E-state index contributed by atoms with van der Waals surface area (Å²) in [5.74, 6) is -0.960. The van der Waals surface area contributed by atoms with Crippen LogP contribution in [-0.4, -0.2) is 97.2 Å². The zero-order chi connectivity index (χ0) is 43.2. The van der Waals surface area contributed by atoms with Crippen LogP contribution >= 0.6 is 8.53 Å². The zero-order valence-corrected chi connectivity index (χ0v) is 36.6. The molecule has 60 heavy (non-hydrogen) atoms. The molecule has 0 spiro atoms. The van der Waals surface area contributed by atoms with Crippen molar-refractivity contribution in [2.45, 2.75) is 89.3 Å². The molecule has 14 heteroatoms. The highest BCUT2D eigenvalue weighted by atomic mass is 31.2. The fourth-order valence-corrected chi connectivity index (χ4v) is 10.4. The average Bonchev–Trinajstić information content (AvgIpc) is 3.80. The fraction of sp³-hybridized carbons (Fsp3) is 0.478. The molecule has 2 fully saturated rings. The standard InChI is InChI=1S/C46H57N4O9P/c1-31(2)50(32(3)4)60(57-28-12-26-47)58-30-36(48-39(51)23-27-49-42(52)40-41(43(49)53)45(6)25-24-44(40,5)59-45)29-56-46(33-13-10-9-11-14-33,34-15-19-37(54-7)20-16-34)35-17-21-38(55-8)22-18-35/h9-11,13-22,24-25,31-32,36,40-41H,12,23,27-30H2,1-8H3,(H,48,51)/t36?,40-,41+,44?,45?,60?. The summed E-state index contributed by atoms with van der Waals surface area (Å²) in [6, 6.07) is 26.7. The van der Waals surface area contributed by atoms with Crippen LogP contribution < -0.4 is 14.8 Å². The van der Waals surface area contributed by atoms with Crippen LogP contribution in [0.1, 0.15) is 71.1 Å². The minimum Gasteiger partial charge on any atom is -0.497 e. The van der Waals surface area contributed by atoms with Gasteiger partial charge in [0.25, 0.3) is 8.53 Å². The van der Waals surface area contributed by atoms with Gasteiger partial charge in [0.2, 0.25) is 17.7 Å². The lowest BCUT2D eigenvalue weighted by Gasteiger charge is -2.38. The average molecular weight is 841 g/mol. The third kappa shape index (κ3) is 9.01. The Hall–Kier alpha value is -4.67. The molecule has 0 saturated carbocycles. The van der Waals surface area contributed by atoms with Crippen molar-refractivity contribution < 1.29 is 42.4 Å². The molecule has 1 N–H and O–H groups in total. The lowest BCUT2D eigenvalue weighted by atomic mass is 9.73. The van der Waals surface area contributed by atoms with Gasteiger partial charge in [-0.25, -0.2) is 4.67 Å². The number of likely N-dealkylation sites (tertiary alicyclic amines) is 1. The number of ether oxygens (including phenoxy) is 4. The summed E-state index contributed by atoms with van der Waals surface area (Å²) < 4.78 is 39.3. The summed E-state index contributed by atoms with van der Waals surface area (Å²) in [6.07, 6.45) is 3.79. The summed E-state index contributed by atoms with van der Waals surface area (Å²) in [5.41, 5.74) is -0.460. The molecule has 3 aromatic carbocycles. The number of fused-ring (bicyclic) bond motifs is 5. The molecule has 3 aromatic rings. The zero-order valence-electron chi connectivity index (χ0n) is 35.8. The molecule has 3 aliphatic heterocycles. The van der Waals surface area contributed by atoms with Crippen LogP contribution in [0.3, 0.4) is 0 Å². The van der Waals surface area contributed by atoms with Crippen molar-refractivity contribution in [1.82, 2.24) is 14.9 Å². The summed E-state index contributed by atoms with van der Waals surface area (Å²) in [5, 5.41) is 12.4. The lowest BCUT2D eigenvalue weighted by molar-refractivity contribution is -0.146. The Bertz CT molecular complexity index is 1950. The van der Waals surface area contributed by atoms with E-state index in [0.29, 0.717) is 11.5 Å². The number of nitrogens with one attached hydrogen (secondary N) is 1. The van der Waals surface area contributed by atoms with E-state index in [9.17, 15) is 19.6 Å². The molecule has 320 valence electrons. The lowest BCUT2D eigenvalue weighted by Crippen LogP contribution is -2.46. The minimum absolute atomic E-state index is 0.0124. The van der Waals surface area contributed by atoms with Gasteiger partial charge in [0, 0.05) is 25.0 Å². The molecule has 2 bridgehead atoms. The predicted octanol–water partition coefficient (Wildman–Crippen LogP) is 6.90. The highest BCUT2D eigenvalue weighted by molar-refractivity contribution is 7.44. The summed E-state index contributed by atoms with van der Waals surface area (Å²) >= 11 is 0. The van der Waals surface area contributed by atoms with Crippen molar-refractivity contribution in [3.05, 3.63) is 108 Å². The topological polar surface area (TPSA) is 149 Å². The van der Waals surface area contributed by atoms with Crippen molar-refractivity contribution in [3.63, 3.8) is 0 Å². The normalized spacial score (nSPS) is 23.0. The van der Waals surface area contributed by atoms with E-state index in [0.717, 1.165) is 16.7 Å². The second-order valence-corrected chi connectivity index (χ2v) is 17.7. The van der Waals surface area contributed by atoms with Crippen molar-refractivity contribution in [2.24, 2.45) is 11.8 Å². The van der Waals surface area contributed by atoms with Crippen LogP contribution in [0.15, 0.2) is 91.0 Å². The Morgan fingerprint density at radius 3 is 1.83 bits per heavy atom. The number of nitrogens with zero attached hydrogens (tertiary/aromatic N) is 3. The predicted molar refractivity (Wildman–Crippen MR) is 227 cm³/mol. The van der Waals surface area contributed by atoms with E-state index in [2.05, 4.69) is 43.8 Å². The Labute approximate surface area is 354 Å². The largest absolute Gasteiger partial charge is 0.497 e. The summed E-state index contributed by atoms with van der Waals surface area (Å²) in [7, 11) is 1.56. The van der Waals surface area contributed by atoms with Crippen LogP contribution in [0, 0.1) is 23.2 Å². The highest BCUT2D eigenvalue weighted by Gasteiger charge is 2.70. The number of carbonyl (C=O) groups is 3. The molecule has 0 aromatic heterocycles. The van der Waals surface area contributed by atoms with Gasteiger partial charge in [-0.15, -0.1) is 0 Å². The number of nitriles is 1. The smallest absolute Gasteiger partial charge is 0.259 e. The van der Waals surface area contributed by atoms with Gasteiger partial charge < -0.3 is 33.3 Å². The molecule has 0 aliphatic carbocycles. The molecule has 6 atom stereocenters. The number of imide groups is 1. The van der Waals surface area contributed by atoms with Gasteiger partial charge >= 0.3 is 0 Å². The van der Waals surface area contributed by atoms with Crippen LogP contribution in [0.4, 0.5) is 0 Å². The van der Waals surface area contributed by atoms with E-state index in [4.69, 9.17) is 28.0 Å². The monoisotopic (exact) mass is 840 g/mol. The number of hydrogen-bond donors (Lipinski definition) is 1. The van der Waals surface area contributed by atoms with Gasteiger partial charge in [-0.05, 0) is 82.5 Å². The Balaban J connectivity index is 1.31. The van der Waals surface area contributed by atoms with Crippen molar-refractivity contribution in [2.75, 3.05) is 40.6 Å². The Morgan fingerprint density at radius 1 is 0.833 bits per heavy atom. The van der Waals surface area contributed by atoms with E-state index < -0.39 is 49.1 Å². The molecule has 3 amide bonds. The Kier molecular flexibility index (Phi) is 14.2. The quantitative estimate of drug-likeness (QED) is 0.0393. The van der Waals surface area contributed by atoms with Gasteiger partial charge in [0.1, 0.15) is 17.1 Å².